The monoisotopic (exact) mass is 394 g/mol. The predicted octanol–water partition coefficient (Wildman–Crippen LogP) is 2.97. The number of aromatic nitrogens is 3. The highest BCUT2D eigenvalue weighted by Crippen LogP contribution is 2.15. The Bertz CT molecular complexity index is 959. The summed E-state index contributed by atoms with van der Waals surface area (Å²) in [6.45, 7) is 2.79. The van der Waals surface area contributed by atoms with Gasteiger partial charge in [0.15, 0.2) is 0 Å². The number of benzene rings is 2. The van der Waals surface area contributed by atoms with E-state index < -0.39 is 0 Å². The summed E-state index contributed by atoms with van der Waals surface area (Å²) in [4.78, 5) is 24.7. The first kappa shape index (κ1) is 20.1. The number of ether oxygens (including phenoxy) is 2. The molecule has 0 saturated carbocycles. The maximum absolute atomic E-state index is 11.6. The molecule has 8 heteroatoms. The van der Waals surface area contributed by atoms with Crippen LogP contribution in [0, 0.1) is 0 Å². The van der Waals surface area contributed by atoms with Crippen LogP contribution in [0.15, 0.2) is 48.5 Å². The number of phenolic OH excluding ortho intramolecular Hbond substituents is 1. The summed E-state index contributed by atoms with van der Waals surface area (Å²) in [5, 5.41) is 12.5. The first-order chi connectivity index (χ1) is 14.1. The molecule has 0 amide bonds. The highest BCUT2D eigenvalue weighted by atomic mass is 16.5. The number of phenols is 1. The summed E-state index contributed by atoms with van der Waals surface area (Å²) >= 11 is 0. The zero-order chi connectivity index (χ0) is 20.6. The fraction of sp³-hybridized carbons (Fsp3) is 0.238. The molecule has 2 aromatic carbocycles. The number of anilines is 1. The lowest BCUT2D eigenvalue weighted by atomic mass is 10.1. The molecule has 3 aromatic rings. The van der Waals surface area contributed by atoms with Crippen LogP contribution in [-0.4, -0.2) is 39.7 Å². The van der Waals surface area contributed by atoms with Gasteiger partial charge in [-0.25, -0.2) is 4.79 Å². The summed E-state index contributed by atoms with van der Waals surface area (Å²) in [7, 11) is 1.35. The van der Waals surface area contributed by atoms with E-state index >= 15 is 0 Å². The predicted molar refractivity (Wildman–Crippen MR) is 107 cm³/mol. The number of nitrogens with zero attached hydrogens (tertiary/aromatic N) is 3. The Hall–Kier alpha value is -3.68. The standard InChI is InChI=1S/C21H22N4O4/c1-3-29-21-24-18(12-14-4-8-16(9-5-14)19(27)28-2)23-20(25-21)22-13-15-6-10-17(26)11-7-15/h4-11,26H,3,12-13H2,1-2H3,(H,22,23,24,25). The molecule has 0 radical (unpaired) electrons. The second-order valence-corrected chi connectivity index (χ2v) is 6.18. The Morgan fingerprint density at radius 1 is 1.00 bits per heavy atom. The molecule has 8 nitrogen and oxygen atoms in total. The summed E-state index contributed by atoms with van der Waals surface area (Å²) in [5.74, 6) is 0.782. The third-order valence-electron chi connectivity index (χ3n) is 4.06. The maximum atomic E-state index is 11.6. The highest BCUT2D eigenvalue weighted by Gasteiger charge is 2.10. The van der Waals surface area contributed by atoms with Crippen LogP contribution in [0.25, 0.3) is 0 Å². The smallest absolute Gasteiger partial charge is 0.337 e. The van der Waals surface area contributed by atoms with Crippen LogP contribution >= 0.6 is 0 Å². The van der Waals surface area contributed by atoms with E-state index in [1.165, 1.54) is 7.11 Å². The molecular weight excluding hydrogens is 372 g/mol. The Morgan fingerprint density at radius 3 is 2.34 bits per heavy atom. The van der Waals surface area contributed by atoms with E-state index in [4.69, 9.17) is 9.47 Å². The third kappa shape index (κ3) is 5.65. The van der Waals surface area contributed by atoms with Crippen LogP contribution in [0.5, 0.6) is 11.8 Å². The van der Waals surface area contributed by atoms with E-state index in [2.05, 4.69) is 20.3 Å². The van der Waals surface area contributed by atoms with Gasteiger partial charge in [0.05, 0.1) is 19.3 Å². The second-order valence-electron chi connectivity index (χ2n) is 6.18. The Kier molecular flexibility index (Phi) is 6.57. The number of carbonyl (C=O) groups excluding carboxylic acids is 1. The SMILES string of the molecule is CCOc1nc(Cc2ccc(C(=O)OC)cc2)nc(NCc2ccc(O)cc2)n1. The van der Waals surface area contributed by atoms with E-state index in [1.807, 2.05) is 31.2 Å². The third-order valence-corrected chi connectivity index (χ3v) is 4.06. The van der Waals surface area contributed by atoms with Gasteiger partial charge in [0.25, 0.3) is 0 Å². The van der Waals surface area contributed by atoms with Gasteiger partial charge in [-0.2, -0.15) is 15.0 Å². The highest BCUT2D eigenvalue weighted by molar-refractivity contribution is 5.89. The maximum Gasteiger partial charge on any atom is 0.337 e. The molecule has 1 heterocycles. The van der Waals surface area contributed by atoms with Crippen LogP contribution in [-0.2, 0) is 17.7 Å². The van der Waals surface area contributed by atoms with Crippen LogP contribution < -0.4 is 10.1 Å². The van der Waals surface area contributed by atoms with Crippen LogP contribution in [0.2, 0.25) is 0 Å². The van der Waals surface area contributed by atoms with Crippen LogP contribution in [0.1, 0.15) is 34.2 Å². The summed E-state index contributed by atoms with van der Waals surface area (Å²) in [6.07, 6.45) is 0.456. The number of hydrogen-bond acceptors (Lipinski definition) is 8. The van der Waals surface area contributed by atoms with Gasteiger partial charge in [-0.1, -0.05) is 24.3 Å². The molecule has 0 saturated heterocycles. The molecule has 1 aromatic heterocycles. The minimum Gasteiger partial charge on any atom is -0.508 e. The van der Waals surface area contributed by atoms with Gasteiger partial charge in [0, 0.05) is 13.0 Å². The van der Waals surface area contributed by atoms with Crippen molar-refractivity contribution in [1.82, 2.24) is 15.0 Å². The Morgan fingerprint density at radius 2 is 1.69 bits per heavy atom. The molecule has 0 aliphatic rings. The lowest BCUT2D eigenvalue weighted by molar-refractivity contribution is 0.0600. The topological polar surface area (TPSA) is 106 Å². The number of hydrogen-bond donors (Lipinski definition) is 2. The average molecular weight is 394 g/mol. The van der Waals surface area contributed by atoms with Crippen molar-refractivity contribution in [3.63, 3.8) is 0 Å². The molecular formula is C21H22N4O4. The number of nitrogens with one attached hydrogen (secondary N) is 1. The first-order valence-electron chi connectivity index (χ1n) is 9.14. The van der Waals surface area contributed by atoms with Crippen molar-refractivity contribution in [2.75, 3.05) is 19.0 Å². The van der Waals surface area contributed by atoms with E-state index in [-0.39, 0.29) is 17.7 Å². The van der Waals surface area contributed by atoms with Crippen molar-refractivity contribution in [3.05, 3.63) is 71.0 Å². The number of aromatic hydroxyl groups is 1. The lowest BCUT2D eigenvalue weighted by Gasteiger charge is -2.09. The molecule has 0 atom stereocenters. The normalized spacial score (nSPS) is 10.4. The molecule has 0 aliphatic carbocycles. The molecule has 0 aliphatic heterocycles. The van der Waals surface area contributed by atoms with Crippen molar-refractivity contribution in [1.29, 1.82) is 0 Å². The molecule has 0 unspecified atom stereocenters. The Labute approximate surface area is 168 Å². The van der Waals surface area contributed by atoms with Gasteiger partial charge in [-0.15, -0.1) is 0 Å². The largest absolute Gasteiger partial charge is 0.508 e. The van der Waals surface area contributed by atoms with Crippen molar-refractivity contribution >= 4 is 11.9 Å². The van der Waals surface area contributed by atoms with Crippen molar-refractivity contribution in [2.45, 2.75) is 19.9 Å². The summed E-state index contributed by atoms with van der Waals surface area (Å²) < 4.78 is 10.2. The minimum atomic E-state index is -0.379. The van der Waals surface area contributed by atoms with E-state index in [0.717, 1.165) is 11.1 Å². The number of methoxy groups -OCH3 is 1. The van der Waals surface area contributed by atoms with Gasteiger partial charge in [-0.3, -0.25) is 0 Å². The number of esters is 1. The quantitative estimate of drug-likeness (QED) is 0.562. The zero-order valence-corrected chi connectivity index (χ0v) is 16.3. The molecule has 0 bridgehead atoms. The van der Waals surface area contributed by atoms with E-state index in [1.54, 1.807) is 24.3 Å². The summed E-state index contributed by atoms with van der Waals surface area (Å²) in [5.41, 5.74) is 2.40. The van der Waals surface area contributed by atoms with Gasteiger partial charge in [0.2, 0.25) is 5.95 Å². The molecule has 0 spiro atoms. The van der Waals surface area contributed by atoms with Crippen LogP contribution in [0.4, 0.5) is 5.95 Å². The van der Waals surface area contributed by atoms with E-state index in [0.29, 0.717) is 36.9 Å². The van der Waals surface area contributed by atoms with Crippen molar-refractivity contribution in [2.24, 2.45) is 0 Å². The van der Waals surface area contributed by atoms with Gasteiger partial charge in [-0.05, 0) is 42.3 Å². The lowest BCUT2D eigenvalue weighted by Crippen LogP contribution is -2.10. The van der Waals surface area contributed by atoms with Gasteiger partial charge in [0.1, 0.15) is 11.6 Å². The van der Waals surface area contributed by atoms with Crippen molar-refractivity contribution in [3.8, 4) is 11.8 Å². The average Bonchev–Trinajstić information content (AvgIpc) is 2.73. The fourth-order valence-electron chi connectivity index (χ4n) is 2.60. The van der Waals surface area contributed by atoms with Crippen molar-refractivity contribution < 1.29 is 19.4 Å². The van der Waals surface area contributed by atoms with Crippen LogP contribution in [0.3, 0.4) is 0 Å². The molecule has 3 rings (SSSR count). The molecule has 150 valence electrons. The zero-order valence-electron chi connectivity index (χ0n) is 16.3. The van der Waals surface area contributed by atoms with E-state index in [9.17, 15) is 9.90 Å². The fourth-order valence-corrected chi connectivity index (χ4v) is 2.60. The second kappa shape index (κ2) is 9.50. The number of carbonyl (C=O) groups is 1. The molecule has 29 heavy (non-hydrogen) atoms. The minimum absolute atomic E-state index is 0.216. The molecule has 0 fully saturated rings. The number of rotatable bonds is 8. The van der Waals surface area contributed by atoms with Gasteiger partial charge >= 0.3 is 12.0 Å². The summed E-state index contributed by atoms with van der Waals surface area (Å²) in [6, 6.07) is 14.2. The Balaban J connectivity index is 1.75. The first-order valence-corrected chi connectivity index (χ1v) is 9.14. The molecule has 2 N–H and O–H groups in total. The van der Waals surface area contributed by atoms with Gasteiger partial charge < -0.3 is 19.9 Å².